The lowest BCUT2D eigenvalue weighted by atomic mass is 10.2. The quantitative estimate of drug-likeness (QED) is 0.135. The zero-order valence-corrected chi connectivity index (χ0v) is 19.7. The Bertz CT molecular complexity index is 1110. The summed E-state index contributed by atoms with van der Waals surface area (Å²) in [5.41, 5.74) is 3.54. The maximum Gasteiger partial charge on any atom is 0.343 e. The average molecular weight is 477 g/mol. The van der Waals surface area contributed by atoms with E-state index >= 15 is 0 Å². The van der Waals surface area contributed by atoms with Crippen LogP contribution in [0.5, 0.6) is 23.0 Å². The second-order valence-electron chi connectivity index (χ2n) is 7.44. The highest BCUT2D eigenvalue weighted by Crippen LogP contribution is 2.18. The summed E-state index contributed by atoms with van der Waals surface area (Å²) in [6.07, 6.45) is 3.52. The minimum Gasteiger partial charge on any atom is -0.497 e. The summed E-state index contributed by atoms with van der Waals surface area (Å²) in [4.78, 5) is 24.2. The molecule has 0 aliphatic rings. The molecule has 0 atom stereocenters. The molecule has 0 radical (unpaired) electrons. The van der Waals surface area contributed by atoms with E-state index in [-0.39, 0.29) is 6.61 Å². The summed E-state index contributed by atoms with van der Waals surface area (Å²) in [5, 5.41) is 3.91. The maximum absolute atomic E-state index is 12.4. The Morgan fingerprint density at radius 1 is 0.829 bits per heavy atom. The molecule has 0 fully saturated rings. The first-order chi connectivity index (χ1) is 17.1. The van der Waals surface area contributed by atoms with Crippen LogP contribution in [0.1, 0.15) is 35.7 Å². The van der Waals surface area contributed by atoms with Crippen molar-refractivity contribution in [3.05, 3.63) is 83.9 Å². The topological polar surface area (TPSA) is 95.5 Å². The highest BCUT2D eigenvalue weighted by atomic mass is 16.5. The molecule has 0 saturated carbocycles. The number of nitrogens with one attached hydrogen (secondary N) is 1. The number of rotatable bonds is 12. The fraction of sp³-hybridized carbons (Fsp3) is 0.222. The van der Waals surface area contributed by atoms with Crippen molar-refractivity contribution < 1.29 is 28.5 Å². The van der Waals surface area contributed by atoms with E-state index in [4.69, 9.17) is 18.9 Å². The Labute approximate surface area is 204 Å². The smallest absolute Gasteiger partial charge is 0.343 e. The summed E-state index contributed by atoms with van der Waals surface area (Å²) in [7, 11) is 1.58. The lowest BCUT2D eigenvalue weighted by molar-refractivity contribution is -0.123. The molecule has 0 aliphatic carbocycles. The second-order valence-corrected chi connectivity index (χ2v) is 7.44. The van der Waals surface area contributed by atoms with Gasteiger partial charge in [-0.25, -0.2) is 10.2 Å². The molecule has 35 heavy (non-hydrogen) atoms. The normalized spacial score (nSPS) is 10.6. The number of carbonyl (C=O) groups is 2. The van der Waals surface area contributed by atoms with E-state index in [0.717, 1.165) is 24.2 Å². The molecule has 182 valence electrons. The van der Waals surface area contributed by atoms with E-state index in [1.165, 1.54) is 6.21 Å². The van der Waals surface area contributed by atoms with Crippen molar-refractivity contribution in [3.63, 3.8) is 0 Å². The van der Waals surface area contributed by atoms with Crippen LogP contribution in [0, 0.1) is 0 Å². The van der Waals surface area contributed by atoms with Crippen LogP contribution in [0.15, 0.2) is 77.9 Å². The molecule has 1 N–H and O–H groups in total. The highest BCUT2D eigenvalue weighted by molar-refractivity contribution is 5.91. The third kappa shape index (κ3) is 8.51. The minimum absolute atomic E-state index is 0.176. The van der Waals surface area contributed by atoms with E-state index < -0.39 is 11.9 Å². The Hall–Kier alpha value is -4.33. The van der Waals surface area contributed by atoms with E-state index in [9.17, 15) is 9.59 Å². The fourth-order valence-electron chi connectivity index (χ4n) is 2.84. The van der Waals surface area contributed by atoms with Crippen molar-refractivity contribution >= 4 is 18.1 Å². The zero-order valence-electron chi connectivity index (χ0n) is 19.7. The number of hydrogen-bond acceptors (Lipinski definition) is 7. The van der Waals surface area contributed by atoms with Crippen molar-refractivity contribution in [3.8, 4) is 23.0 Å². The first kappa shape index (κ1) is 25.3. The average Bonchev–Trinajstić information content (AvgIpc) is 2.89. The number of carbonyl (C=O) groups excluding carboxylic acids is 2. The predicted octanol–water partition coefficient (Wildman–Crippen LogP) is 4.62. The number of benzene rings is 3. The maximum atomic E-state index is 12.4. The van der Waals surface area contributed by atoms with Crippen LogP contribution in [0.2, 0.25) is 0 Å². The molecule has 8 nitrogen and oxygen atoms in total. The predicted molar refractivity (Wildman–Crippen MR) is 132 cm³/mol. The summed E-state index contributed by atoms with van der Waals surface area (Å²) in [6, 6.07) is 20.5. The van der Waals surface area contributed by atoms with Crippen LogP contribution >= 0.6 is 0 Å². The van der Waals surface area contributed by atoms with Crippen LogP contribution < -0.4 is 24.4 Å². The Balaban J connectivity index is 1.42. The molecule has 0 aliphatic heterocycles. The third-order valence-corrected chi connectivity index (χ3v) is 4.78. The lowest BCUT2D eigenvalue weighted by Gasteiger charge is -2.07. The number of unbranched alkanes of at least 4 members (excludes halogenated alkanes) is 1. The van der Waals surface area contributed by atoms with Gasteiger partial charge in [-0.05, 0) is 84.8 Å². The monoisotopic (exact) mass is 476 g/mol. The largest absolute Gasteiger partial charge is 0.497 e. The molecule has 0 unspecified atom stereocenters. The SMILES string of the molecule is CCCCOc1ccc(C(=O)Oc2ccc(/C=N\NC(=O)COc3ccc(OC)cc3)cc2)cc1. The minimum atomic E-state index is -0.462. The molecular weight excluding hydrogens is 448 g/mol. The zero-order chi connectivity index (χ0) is 24.9. The van der Waals surface area contributed by atoms with Gasteiger partial charge in [0, 0.05) is 0 Å². The van der Waals surface area contributed by atoms with Crippen molar-refractivity contribution in [2.75, 3.05) is 20.3 Å². The number of nitrogens with zero attached hydrogens (tertiary/aromatic N) is 1. The van der Waals surface area contributed by atoms with Crippen LogP contribution in [0.3, 0.4) is 0 Å². The Morgan fingerprint density at radius 2 is 1.43 bits per heavy atom. The van der Waals surface area contributed by atoms with Crippen LogP contribution in [0.4, 0.5) is 0 Å². The van der Waals surface area contributed by atoms with Gasteiger partial charge in [0.05, 0.1) is 25.5 Å². The lowest BCUT2D eigenvalue weighted by Crippen LogP contribution is -2.24. The van der Waals surface area contributed by atoms with E-state index in [2.05, 4.69) is 17.5 Å². The Morgan fingerprint density at radius 3 is 2.09 bits per heavy atom. The fourth-order valence-corrected chi connectivity index (χ4v) is 2.84. The van der Waals surface area contributed by atoms with Gasteiger partial charge in [-0.1, -0.05) is 13.3 Å². The van der Waals surface area contributed by atoms with Gasteiger partial charge in [-0.3, -0.25) is 4.79 Å². The molecule has 0 aromatic heterocycles. The molecule has 0 heterocycles. The van der Waals surface area contributed by atoms with E-state index in [0.29, 0.717) is 29.4 Å². The number of ether oxygens (including phenoxy) is 4. The molecule has 3 rings (SSSR count). The van der Waals surface area contributed by atoms with Gasteiger partial charge < -0.3 is 18.9 Å². The van der Waals surface area contributed by atoms with Crippen LogP contribution in [-0.2, 0) is 4.79 Å². The van der Waals surface area contributed by atoms with Gasteiger partial charge in [-0.2, -0.15) is 5.10 Å². The number of methoxy groups -OCH3 is 1. The summed E-state index contributed by atoms with van der Waals surface area (Å²) in [5.74, 6) is 1.51. The molecular formula is C27H28N2O6. The molecule has 3 aromatic carbocycles. The molecule has 0 bridgehead atoms. The number of hydrazone groups is 1. The van der Waals surface area contributed by atoms with E-state index in [1.807, 2.05) is 0 Å². The molecule has 8 heteroatoms. The summed E-state index contributed by atoms with van der Waals surface area (Å²) in [6.45, 7) is 2.57. The van der Waals surface area contributed by atoms with Gasteiger partial charge in [0.15, 0.2) is 6.61 Å². The molecule has 3 aromatic rings. The van der Waals surface area contributed by atoms with Crippen molar-refractivity contribution in [2.45, 2.75) is 19.8 Å². The number of hydrogen-bond donors (Lipinski definition) is 1. The Kier molecular flexibility index (Phi) is 9.68. The third-order valence-electron chi connectivity index (χ3n) is 4.78. The standard InChI is InChI=1S/C27H28N2O6/c1-3-4-17-33-23-11-7-21(8-12-23)27(31)35-25-9-5-20(6-10-25)18-28-29-26(30)19-34-24-15-13-22(32-2)14-16-24/h5-16,18H,3-4,17,19H2,1-2H3,(H,29,30)/b28-18-. The van der Waals surface area contributed by atoms with Crippen LogP contribution in [0.25, 0.3) is 0 Å². The highest BCUT2D eigenvalue weighted by Gasteiger charge is 2.09. The van der Waals surface area contributed by atoms with Crippen LogP contribution in [-0.4, -0.2) is 38.4 Å². The molecule has 0 saturated heterocycles. The first-order valence-corrected chi connectivity index (χ1v) is 11.2. The number of amides is 1. The molecule has 0 spiro atoms. The van der Waals surface area contributed by atoms with Gasteiger partial charge in [-0.15, -0.1) is 0 Å². The van der Waals surface area contributed by atoms with Gasteiger partial charge >= 0.3 is 5.97 Å². The van der Waals surface area contributed by atoms with Gasteiger partial charge in [0.1, 0.15) is 23.0 Å². The molecule has 1 amide bonds. The van der Waals surface area contributed by atoms with Gasteiger partial charge in [0.2, 0.25) is 0 Å². The van der Waals surface area contributed by atoms with Gasteiger partial charge in [0.25, 0.3) is 5.91 Å². The number of esters is 1. The second kappa shape index (κ2) is 13.4. The van der Waals surface area contributed by atoms with Crippen molar-refractivity contribution in [2.24, 2.45) is 5.10 Å². The summed E-state index contributed by atoms with van der Waals surface area (Å²) < 4.78 is 21.5. The van der Waals surface area contributed by atoms with Crippen molar-refractivity contribution in [1.82, 2.24) is 5.43 Å². The van der Waals surface area contributed by atoms with Crippen molar-refractivity contribution in [1.29, 1.82) is 0 Å². The first-order valence-electron chi connectivity index (χ1n) is 11.2. The summed E-state index contributed by atoms with van der Waals surface area (Å²) >= 11 is 0. The van der Waals surface area contributed by atoms with E-state index in [1.54, 1.807) is 79.9 Å².